The molecule has 5 nitrogen and oxygen atoms in total. The van der Waals surface area contributed by atoms with Gasteiger partial charge in [-0.3, -0.25) is 9.59 Å². The molecule has 5 heteroatoms. The van der Waals surface area contributed by atoms with Gasteiger partial charge in [0.25, 0.3) is 5.91 Å². The molecule has 1 heterocycles. The largest absolute Gasteiger partial charge is 0.369 e. The van der Waals surface area contributed by atoms with Crippen LogP contribution in [-0.4, -0.2) is 43.4 Å². The van der Waals surface area contributed by atoms with Crippen molar-refractivity contribution in [3.63, 3.8) is 0 Å². The minimum Gasteiger partial charge on any atom is -0.369 e. The molecular formula is C16H23N3O2. The lowest BCUT2D eigenvalue weighted by atomic mass is 9.96. The number of carbonyl (C=O) groups excluding carboxylic acids is 2. The van der Waals surface area contributed by atoms with E-state index in [0.29, 0.717) is 13.1 Å². The number of amides is 2. The van der Waals surface area contributed by atoms with Crippen molar-refractivity contribution in [2.45, 2.75) is 19.3 Å². The Balaban J connectivity index is 2.14. The quantitative estimate of drug-likeness (QED) is 0.841. The fraction of sp³-hybridized carbons (Fsp3) is 0.500. The summed E-state index contributed by atoms with van der Waals surface area (Å²) in [6, 6.07) is 7.68. The highest BCUT2D eigenvalue weighted by molar-refractivity contribution is 5.96. The first-order valence-electron chi connectivity index (χ1n) is 7.44. The van der Waals surface area contributed by atoms with E-state index < -0.39 is 0 Å². The number of primary amides is 1. The standard InChI is InChI=1S/C16H23N3O2/c1-18-9-8-12-5-2-3-7-14(12)16(21)19-10-4-6-13(11-19)15(17)20/h2-3,5,7,13,18H,4,6,8-11H2,1H3,(H2,17,20). The molecular weight excluding hydrogens is 266 g/mol. The monoisotopic (exact) mass is 289 g/mol. The molecule has 21 heavy (non-hydrogen) atoms. The Hall–Kier alpha value is -1.88. The van der Waals surface area contributed by atoms with E-state index in [-0.39, 0.29) is 17.7 Å². The average molecular weight is 289 g/mol. The van der Waals surface area contributed by atoms with Gasteiger partial charge >= 0.3 is 0 Å². The summed E-state index contributed by atoms with van der Waals surface area (Å²) in [5.41, 5.74) is 7.15. The Morgan fingerprint density at radius 1 is 1.38 bits per heavy atom. The lowest BCUT2D eigenvalue weighted by molar-refractivity contribution is -0.123. The number of nitrogens with one attached hydrogen (secondary N) is 1. The number of hydrogen-bond donors (Lipinski definition) is 2. The highest BCUT2D eigenvalue weighted by atomic mass is 16.2. The molecule has 0 aromatic heterocycles. The number of piperidine rings is 1. The van der Waals surface area contributed by atoms with Crippen molar-refractivity contribution in [2.75, 3.05) is 26.7 Å². The molecule has 1 aliphatic heterocycles. The summed E-state index contributed by atoms with van der Waals surface area (Å²) in [6.07, 6.45) is 2.42. The third-order valence-electron chi connectivity index (χ3n) is 4.00. The molecule has 1 atom stereocenters. The molecule has 1 saturated heterocycles. The van der Waals surface area contributed by atoms with Gasteiger partial charge in [-0.2, -0.15) is 0 Å². The van der Waals surface area contributed by atoms with Gasteiger partial charge in [-0.1, -0.05) is 18.2 Å². The number of benzene rings is 1. The maximum Gasteiger partial charge on any atom is 0.254 e. The molecule has 0 aliphatic carbocycles. The smallest absolute Gasteiger partial charge is 0.254 e. The fourth-order valence-electron chi connectivity index (χ4n) is 2.77. The van der Waals surface area contributed by atoms with E-state index in [4.69, 9.17) is 5.73 Å². The van der Waals surface area contributed by atoms with Crippen LogP contribution in [0.5, 0.6) is 0 Å². The van der Waals surface area contributed by atoms with Gasteiger partial charge < -0.3 is 16.0 Å². The van der Waals surface area contributed by atoms with Crippen LogP contribution in [0.2, 0.25) is 0 Å². The number of nitrogens with zero attached hydrogens (tertiary/aromatic N) is 1. The molecule has 1 fully saturated rings. The third kappa shape index (κ3) is 3.82. The van der Waals surface area contributed by atoms with Crippen molar-refractivity contribution in [1.29, 1.82) is 0 Å². The first-order chi connectivity index (χ1) is 10.1. The third-order valence-corrected chi connectivity index (χ3v) is 4.00. The van der Waals surface area contributed by atoms with Gasteiger partial charge in [0.1, 0.15) is 0 Å². The molecule has 114 valence electrons. The topological polar surface area (TPSA) is 75.4 Å². The highest BCUT2D eigenvalue weighted by Gasteiger charge is 2.28. The van der Waals surface area contributed by atoms with Crippen molar-refractivity contribution in [3.8, 4) is 0 Å². The van der Waals surface area contributed by atoms with Crippen LogP contribution in [0.3, 0.4) is 0 Å². The van der Waals surface area contributed by atoms with E-state index in [1.165, 1.54) is 0 Å². The average Bonchev–Trinajstić information content (AvgIpc) is 2.52. The number of rotatable bonds is 5. The molecule has 1 aliphatic rings. The second kappa shape index (κ2) is 7.22. The molecule has 0 spiro atoms. The summed E-state index contributed by atoms with van der Waals surface area (Å²) in [5.74, 6) is -0.518. The summed E-state index contributed by atoms with van der Waals surface area (Å²) in [5, 5.41) is 3.10. The second-order valence-corrected chi connectivity index (χ2v) is 5.50. The fourth-order valence-corrected chi connectivity index (χ4v) is 2.77. The highest BCUT2D eigenvalue weighted by Crippen LogP contribution is 2.20. The Kier molecular flexibility index (Phi) is 5.33. The summed E-state index contributed by atoms with van der Waals surface area (Å²) in [6.45, 7) is 1.96. The van der Waals surface area contributed by atoms with Crippen LogP contribution in [-0.2, 0) is 11.2 Å². The SMILES string of the molecule is CNCCc1ccccc1C(=O)N1CCCC(C(N)=O)C1. The van der Waals surface area contributed by atoms with Gasteiger partial charge in [-0.05, 0) is 44.5 Å². The van der Waals surface area contributed by atoms with Crippen LogP contribution in [0.25, 0.3) is 0 Å². The Morgan fingerprint density at radius 3 is 2.86 bits per heavy atom. The molecule has 0 radical (unpaired) electrons. The van der Waals surface area contributed by atoms with E-state index in [0.717, 1.165) is 36.9 Å². The van der Waals surface area contributed by atoms with Crippen molar-refractivity contribution < 1.29 is 9.59 Å². The molecule has 1 aromatic rings. The van der Waals surface area contributed by atoms with Crippen LogP contribution >= 0.6 is 0 Å². The van der Waals surface area contributed by atoms with Gasteiger partial charge in [0.05, 0.1) is 5.92 Å². The lowest BCUT2D eigenvalue weighted by Gasteiger charge is -2.31. The Morgan fingerprint density at radius 2 is 2.14 bits per heavy atom. The molecule has 0 saturated carbocycles. The Bertz CT molecular complexity index is 516. The van der Waals surface area contributed by atoms with Crippen molar-refractivity contribution in [3.05, 3.63) is 35.4 Å². The number of likely N-dealkylation sites (tertiary alicyclic amines) is 1. The number of likely N-dealkylation sites (N-methyl/N-ethyl adjacent to an activating group) is 1. The van der Waals surface area contributed by atoms with E-state index in [9.17, 15) is 9.59 Å². The van der Waals surface area contributed by atoms with Crippen LogP contribution in [0.15, 0.2) is 24.3 Å². The number of carbonyl (C=O) groups is 2. The van der Waals surface area contributed by atoms with Crippen LogP contribution in [0.1, 0.15) is 28.8 Å². The molecule has 1 aromatic carbocycles. The molecule has 2 amide bonds. The zero-order valence-corrected chi connectivity index (χ0v) is 12.5. The first-order valence-corrected chi connectivity index (χ1v) is 7.44. The number of nitrogens with two attached hydrogens (primary N) is 1. The summed E-state index contributed by atoms with van der Waals surface area (Å²) < 4.78 is 0. The zero-order chi connectivity index (χ0) is 15.2. The minimum absolute atomic E-state index is 0.00709. The molecule has 1 unspecified atom stereocenters. The van der Waals surface area contributed by atoms with Crippen molar-refractivity contribution in [1.82, 2.24) is 10.2 Å². The van der Waals surface area contributed by atoms with E-state index in [1.54, 1.807) is 4.90 Å². The van der Waals surface area contributed by atoms with Gasteiger partial charge in [0.2, 0.25) is 5.91 Å². The van der Waals surface area contributed by atoms with Gasteiger partial charge in [0.15, 0.2) is 0 Å². The normalized spacial score (nSPS) is 18.5. The Labute approximate surface area is 125 Å². The predicted octanol–water partition coefficient (Wildman–Crippen LogP) is 0.786. The van der Waals surface area contributed by atoms with Gasteiger partial charge in [-0.25, -0.2) is 0 Å². The van der Waals surface area contributed by atoms with Crippen LogP contribution in [0.4, 0.5) is 0 Å². The zero-order valence-electron chi connectivity index (χ0n) is 12.5. The summed E-state index contributed by atoms with van der Waals surface area (Å²) >= 11 is 0. The van der Waals surface area contributed by atoms with E-state index in [1.807, 2.05) is 31.3 Å². The van der Waals surface area contributed by atoms with E-state index >= 15 is 0 Å². The maximum absolute atomic E-state index is 12.7. The second-order valence-electron chi connectivity index (χ2n) is 5.50. The van der Waals surface area contributed by atoms with E-state index in [2.05, 4.69) is 5.32 Å². The lowest BCUT2D eigenvalue weighted by Crippen LogP contribution is -2.44. The van der Waals surface area contributed by atoms with Crippen LogP contribution in [0, 0.1) is 5.92 Å². The first kappa shape index (κ1) is 15.5. The maximum atomic E-state index is 12.7. The summed E-state index contributed by atoms with van der Waals surface area (Å²) in [4.78, 5) is 25.8. The van der Waals surface area contributed by atoms with Crippen LogP contribution < -0.4 is 11.1 Å². The molecule has 2 rings (SSSR count). The van der Waals surface area contributed by atoms with Gasteiger partial charge in [-0.15, -0.1) is 0 Å². The molecule has 0 bridgehead atoms. The minimum atomic E-state index is -0.309. The summed E-state index contributed by atoms with van der Waals surface area (Å²) in [7, 11) is 1.90. The molecule has 3 N–H and O–H groups in total. The number of hydrogen-bond acceptors (Lipinski definition) is 3. The van der Waals surface area contributed by atoms with Crippen molar-refractivity contribution in [2.24, 2.45) is 11.7 Å². The van der Waals surface area contributed by atoms with Crippen molar-refractivity contribution >= 4 is 11.8 Å². The predicted molar refractivity (Wildman–Crippen MR) is 81.9 cm³/mol. The van der Waals surface area contributed by atoms with Gasteiger partial charge in [0, 0.05) is 18.7 Å².